The molecule has 1 aliphatic rings. The number of carbonyl (C=O) groups excluding carboxylic acids is 1. The van der Waals surface area contributed by atoms with E-state index in [-0.39, 0.29) is 5.91 Å². The van der Waals surface area contributed by atoms with Gasteiger partial charge in [-0.1, -0.05) is 19.3 Å². The molecule has 1 heterocycles. The Bertz CT molecular complexity index is 723. The molecule has 3 rings (SSSR count). The van der Waals surface area contributed by atoms with Crippen LogP contribution in [0.15, 0.2) is 30.6 Å². The summed E-state index contributed by atoms with van der Waals surface area (Å²) >= 11 is 0. The fraction of sp³-hybridized carbons (Fsp3) is 0.375. The second-order valence-electron chi connectivity index (χ2n) is 5.66. The van der Waals surface area contributed by atoms with Crippen molar-refractivity contribution in [1.82, 2.24) is 15.3 Å². The van der Waals surface area contributed by atoms with Gasteiger partial charge in [0.05, 0.1) is 11.0 Å². The van der Waals surface area contributed by atoms with E-state index in [4.69, 9.17) is 0 Å². The highest BCUT2D eigenvalue weighted by Crippen LogP contribution is 2.29. The van der Waals surface area contributed by atoms with E-state index in [9.17, 15) is 14.7 Å². The van der Waals surface area contributed by atoms with Gasteiger partial charge in [-0.25, -0.2) is 4.79 Å². The molecule has 0 saturated heterocycles. The van der Waals surface area contributed by atoms with Gasteiger partial charge in [-0.3, -0.25) is 14.8 Å². The Morgan fingerprint density at radius 3 is 2.41 bits per heavy atom. The Morgan fingerprint density at radius 2 is 1.73 bits per heavy atom. The molecule has 2 N–H and O–H groups in total. The molecule has 1 saturated carbocycles. The van der Waals surface area contributed by atoms with E-state index in [0.29, 0.717) is 29.4 Å². The molecule has 0 unspecified atom stereocenters. The molecule has 114 valence electrons. The third-order valence-electron chi connectivity index (χ3n) is 4.20. The van der Waals surface area contributed by atoms with Crippen molar-refractivity contribution in [3.63, 3.8) is 0 Å². The average molecular weight is 299 g/mol. The Balaban J connectivity index is 1.86. The second-order valence-corrected chi connectivity index (χ2v) is 5.66. The van der Waals surface area contributed by atoms with Gasteiger partial charge >= 0.3 is 5.97 Å². The molecule has 0 spiro atoms. The van der Waals surface area contributed by atoms with Crippen LogP contribution in [0.4, 0.5) is 0 Å². The lowest BCUT2D eigenvalue weighted by Crippen LogP contribution is -2.55. The van der Waals surface area contributed by atoms with Gasteiger partial charge in [0, 0.05) is 18.0 Å². The maximum Gasteiger partial charge on any atom is 0.329 e. The minimum absolute atomic E-state index is 0.378. The Hall–Kier alpha value is -2.50. The van der Waals surface area contributed by atoms with Crippen LogP contribution >= 0.6 is 0 Å². The Labute approximate surface area is 127 Å². The van der Waals surface area contributed by atoms with Gasteiger partial charge in [0.25, 0.3) is 5.91 Å². The van der Waals surface area contributed by atoms with Crippen molar-refractivity contribution < 1.29 is 14.7 Å². The topological polar surface area (TPSA) is 92.2 Å². The maximum absolute atomic E-state index is 12.4. The summed E-state index contributed by atoms with van der Waals surface area (Å²) in [5, 5.41) is 12.2. The van der Waals surface area contributed by atoms with Crippen LogP contribution in [-0.2, 0) is 4.79 Å². The van der Waals surface area contributed by atoms with E-state index in [1.807, 2.05) is 0 Å². The lowest BCUT2D eigenvalue weighted by atomic mass is 9.81. The minimum Gasteiger partial charge on any atom is -0.480 e. The number of hydrogen-bond donors (Lipinski definition) is 2. The van der Waals surface area contributed by atoms with Crippen molar-refractivity contribution in [2.24, 2.45) is 0 Å². The minimum atomic E-state index is -1.15. The van der Waals surface area contributed by atoms with Gasteiger partial charge < -0.3 is 10.4 Å². The van der Waals surface area contributed by atoms with Crippen molar-refractivity contribution in [3.8, 4) is 0 Å². The molecule has 6 heteroatoms. The molecule has 0 radical (unpaired) electrons. The first-order chi connectivity index (χ1) is 10.6. The number of aliphatic carboxylic acids is 1. The normalized spacial score (nSPS) is 17.1. The van der Waals surface area contributed by atoms with Crippen LogP contribution in [0.3, 0.4) is 0 Å². The molecule has 0 bridgehead atoms. The van der Waals surface area contributed by atoms with Crippen molar-refractivity contribution in [3.05, 3.63) is 36.2 Å². The fourth-order valence-electron chi connectivity index (χ4n) is 2.94. The van der Waals surface area contributed by atoms with Crippen molar-refractivity contribution in [2.75, 3.05) is 0 Å². The number of carboxylic acids is 1. The third-order valence-corrected chi connectivity index (χ3v) is 4.20. The Morgan fingerprint density at radius 1 is 1.05 bits per heavy atom. The van der Waals surface area contributed by atoms with E-state index in [1.54, 1.807) is 30.6 Å². The number of rotatable bonds is 3. The molecule has 1 amide bonds. The number of benzene rings is 1. The molecule has 2 aromatic rings. The standard InChI is InChI=1S/C16H17N3O3/c20-14(19-16(15(21)22)6-2-1-3-7-16)11-4-5-12-13(10-11)18-9-8-17-12/h4-5,8-10H,1-3,6-7H2,(H,19,20)(H,21,22). The first-order valence-electron chi connectivity index (χ1n) is 7.37. The number of nitrogens with zero attached hydrogens (tertiary/aromatic N) is 2. The van der Waals surface area contributed by atoms with Crippen LogP contribution in [0.2, 0.25) is 0 Å². The molecule has 22 heavy (non-hydrogen) atoms. The number of nitrogens with one attached hydrogen (secondary N) is 1. The summed E-state index contributed by atoms with van der Waals surface area (Å²) in [7, 11) is 0. The predicted molar refractivity (Wildman–Crippen MR) is 80.5 cm³/mol. The van der Waals surface area contributed by atoms with Crippen LogP contribution in [0, 0.1) is 0 Å². The molecule has 1 aromatic carbocycles. The third kappa shape index (κ3) is 2.64. The number of amides is 1. The second kappa shape index (κ2) is 5.71. The first kappa shape index (κ1) is 14.4. The number of carboxylic acid groups (broad SMARTS) is 1. The molecular weight excluding hydrogens is 282 g/mol. The van der Waals surface area contributed by atoms with Crippen molar-refractivity contribution in [2.45, 2.75) is 37.6 Å². The monoisotopic (exact) mass is 299 g/mol. The van der Waals surface area contributed by atoms with E-state index in [0.717, 1.165) is 19.3 Å². The zero-order valence-corrected chi connectivity index (χ0v) is 12.1. The molecule has 0 atom stereocenters. The van der Waals surface area contributed by atoms with Crippen LogP contribution in [0.25, 0.3) is 11.0 Å². The fourth-order valence-corrected chi connectivity index (χ4v) is 2.94. The van der Waals surface area contributed by atoms with Gasteiger partial charge in [-0.15, -0.1) is 0 Å². The van der Waals surface area contributed by atoms with Gasteiger partial charge in [-0.2, -0.15) is 0 Å². The molecule has 1 aromatic heterocycles. The van der Waals surface area contributed by atoms with E-state index < -0.39 is 11.5 Å². The summed E-state index contributed by atoms with van der Waals surface area (Å²) in [6.45, 7) is 0. The van der Waals surface area contributed by atoms with Crippen LogP contribution < -0.4 is 5.32 Å². The number of carbonyl (C=O) groups is 2. The van der Waals surface area contributed by atoms with Crippen LogP contribution in [0.5, 0.6) is 0 Å². The average Bonchev–Trinajstić information content (AvgIpc) is 2.55. The SMILES string of the molecule is O=C(NC1(C(=O)O)CCCCC1)c1ccc2nccnc2c1. The molecule has 0 aliphatic heterocycles. The summed E-state index contributed by atoms with van der Waals surface area (Å²) in [6.07, 6.45) is 6.73. The summed E-state index contributed by atoms with van der Waals surface area (Å²) in [6, 6.07) is 4.99. The molecule has 1 aliphatic carbocycles. The van der Waals surface area contributed by atoms with E-state index >= 15 is 0 Å². The molecule has 6 nitrogen and oxygen atoms in total. The quantitative estimate of drug-likeness (QED) is 0.906. The van der Waals surface area contributed by atoms with Gasteiger partial charge in [0.1, 0.15) is 5.54 Å². The van der Waals surface area contributed by atoms with Crippen molar-refractivity contribution in [1.29, 1.82) is 0 Å². The highest BCUT2D eigenvalue weighted by atomic mass is 16.4. The molecule has 1 fully saturated rings. The first-order valence-corrected chi connectivity index (χ1v) is 7.37. The van der Waals surface area contributed by atoms with Gasteiger partial charge in [0.15, 0.2) is 0 Å². The van der Waals surface area contributed by atoms with Crippen molar-refractivity contribution >= 4 is 22.9 Å². The molecular formula is C16H17N3O3. The lowest BCUT2D eigenvalue weighted by molar-refractivity contribution is -0.145. The lowest BCUT2D eigenvalue weighted by Gasteiger charge is -2.34. The smallest absolute Gasteiger partial charge is 0.329 e. The predicted octanol–water partition coefficient (Wildman–Crippen LogP) is 2.15. The zero-order valence-electron chi connectivity index (χ0n) is 12.1. The number of aromatic nitrogens is 2. The highest BCUT2D eigenvalue weighted by molar-refractivity contribution is 6.00. The number of hydrogen-bond acceptors (Lipinski definition) is 4. The largest absolute Gasteiger partial charge is 0.480 e. The van der Waals surface area contributed by atoms with Gasteiger partial charge in [0.2, 0.25) is 0 Å². The Kier molecular flexibility index (Phi) is 3.75. The summed E-state index contributed by atoms with van der Waals surface area (Å²) < 4.78 is 0. The summed E-state index contributed by atoms with van der Waals surface area (Å²) in [4.78, 5) is 32.4. The van der Waals surface area contributed by atoms with E-state index in [2.05, 4.69) is 15.3 Å². The van der Waals surface area contributed by atoms with Gasteiger partial charge in [-0.05, 0) is 31.0 Å². The van der Waals surface area contributed by atoms with Crippen LogP contribution in [-0.4, -0.2) is 32.5 Å². The summed E-state index contributed by atoms with van der Waals surface area (Å²) in [5.41, 5.74) is 0.569. The zero-order chi connectivity index (χ0) is 15.6. The maximum atomic E-state index is 12.4. The van der Waals surface area contributed by atoms with E-state index in [1.165, 1.54) is 0 Å². The highest BCUT2D eigenvalue weighted by Gasteiger charge is 2.41. The van der Waals surface area contributed by atoms with Crippen LogP contribution in [0.1, 0.15) is 42.5 Å². The summed E-state index contributed by atoms with van der Waals surface area (Å²) in [5.74, 6) is -1.34. The number of fused-ring (bicyclic) bond motifs is 1.